The van der Waals surface area contributed by atoms with Gasteiger partial charge in [-0.15, -0.1) is 0 Å². The van der Waals surface area contributed by atoms with Crippen molar-refractivity contribution < 1.29 is 0 Å². The summed E-state index contributed by atoms with van der Waals surface area (Å²) >= 11 is 0. The van der Waals surface area contributed by atoms with Gasteiger partial charge in [0.25, 0.3) is 0 Å². The van der Waals surface area contributed by atoms with E-state index in [1.807, 2.05) is 0 Å². The monoisotopic (exact) mass is 1160 g/mol. The van der Waals surface area contributed by atoms with Gasteiger partial charge in [-0.05, 0) is 213 Å². The summed E-state index contributed by atoms with van der Waals surface area (Å²) < 4.78 is 0. The largest absolute Gasteiger partial charge is 0.334 e. The Kier molecular flexibility index (Phi) is 16.5. The van der Waals surface area contributed by atoms with Gasteiger partial charge < -0.3 is 14.7 Å². The van der Waals surface area contributed by atoms with Gasteiger partial charge in [-0.1, -0.05) is 252 Å². The Morgan fingerprint density at radius 2 is 0.489 bits per heavy atom. The first-order valence-electron chi connectivity index (χ1n) is 31.6. The molecule has 0 amide bonds. The summed E-state index contributed by atoms with van der Waals surface area (Å²) in [5, 5.41) is 0. The molecule has 3 heteroatoms. The second kappa shape index (κ2) is 25.3. The minimum absolute atomic E-state index is 0.153. The van der Waals surface area contributed by atoms with Gasteiger partial charge in [0.1, 0.15) is 0 Å². The SMILES string of the molecule is Cc1ccc(-c2ccc(-c3ccc(N(C4=CC(N(c5ccc(-c6ccc(-c7ccc(C)cc7)cc6)cc5)c5ccc(C)cc5C)CC(N(c5ccc(-c6ccc(-c7ccc(C)cc7)cc6)cc5)c5ccc(C)cc5C)=C4)c4ccc(C)cc4C)cc3)cc2)cc1. The van der Waals surface area contributed by atoms with E-state index in [1.165, 1.54) is 128 Å². The second-order valence-electron chi connectivity index (χ2n) is 24.9. The van der Waals surface area contributed by atoms with Crippen LogP contribution in [0.4, 0.5) is 34.1 Å². The number of benzene rings is 12. The summed E-state index contributed by atoms with van der Waals surface area (Å²) in [7, 11) is 0. The van der Waals surface area contributed by atoms with Crippen LogP contribution in [0.1, 0.15) is 56.5 Å². The summed E-state index contributed by atoms with van der Waals surface area (Å²) in [5.74, 6) is 0. The molecule has 90 heavy (non-hydrogen) atoms. The Labute approximate surface area is 533 Å². The highest BCUT2D eigenvalue weighted by molar-refractivity contribution is 5.82. The highest BCUT2D eigenvalue weighted by atomic mass is 15.2. The molecule has 0 spiro atoms. The number of aryl methyl sites for hydroxylation is 9. The third kappa shape index (κ3) is 12.5. The van der Waals surface area contributed by atoms with Gasteiger partial charge >= 0.3 is 0 Å². The molecule has 0 radical (unpaired) electrons. The zero-order valence-corrected chi connectivity index (χ0v) is 53.3. The third-order valence-corrected chi connectivity index (χ3v) is 18.0. The quantitative estimate of drug-likeness (QED) is 0.101. The van der Waals surface area contributed by atoms with Crippen LogP contribution in [0.25, 0.3) is 66.8 Å². The molecule has 0 bridgehead atoms. The highest BCUT2D eigenvalue weighted by Gasteiger charge is 2.32. The van der Waals surface area contributed by atoms with E-state index in [-0.39, 0.29) is 6.04 Å². The van der Waals surface area contributed by atoms with Crippen LogP contribution in [0.2, 0.25) is 0 Å². The fourth-order valence-electron chi connectivity index (χ4n) is 13.0. The van der Waals surface area contributed by atoms with Gasteiger partial charge in [0, 0.05) is 51.9 Å². The smallest absolute Gasteiger partial charge is 0.0600 e. The summed E-state index contributed by atoms with van der Waals surface area (Å²) in [6.07, 6.45) is 5.70. The lowest BCUT2D eigenvalue weighted by molar-refractivity contribution is 0.733. The molecule has 3 nitrogen and oxygen atoms in total. The van der Waals surface area contributed by atoms with Crippen LogP contribution in [0, 0.1) is 62.3 Å². The molecule has 1 aliphatic rings. The maximum Gasteiger partial charge on any atom is 0.0600 e. The van der Waals surface area contributed by atoms with Gasteiger partial charge in [-0.3, -0.25) is 0 Å². The van der Waals surface area contributed by atoms with Crippen molar-refractivity contribution >= 4 is 34.1 Å². The van der Waals surface area contributed by atoms with Crippen LogP contribution in [0.5, 0.6) is 0 Å². The molecule has 0 aliphatic heterocycles. The van der Waals surface area contributed by atoms with Gasteiger partial charge in [0.05, 0.1) is 6.04 Å². The van der Waals surface area contributed by atoms with E-state index in [9.17, 15) is 0 Å². The molecule has 1 aliphatic carbocycles. The minimum Gasteiger partial charge on any atom is -0.334 e. The molecule has 0 fully saturated rings. The number of allylic oxidation sites excluding steroid dienone is 1. The minimum atomic E-state index is -0.153. The first-order chi connectivity index (χ1) is 43.7. The molecular formula is C87H77N3. The predicted molar refractivity (Wildman–Crippen MR) is 385 cm³/mol. The Bertz CT molecular complexity index is 4570. The number of hydrogen-bond donors (Lipinski definition) is 0. The zero-order chi connectivity index (χ0) is 62.0. The van der Waals surface area contributed by atoms with Crippen molar-refractivity contribution in [2.45, 2.75) is 74.8 Å². The van der Waals surface area contributed by atoms with Crippen molar-refractivity contribution in [1.82, 2.24) is 0 Å². The number of nitrogens with zero attached hydrogens (tertiary/aromatic N) is 3. The molecule has 1 unspecified atom stereocenters. The average molecular weight is 1160 g/mol. The third-order valence-electron chi connectivity index (χ3n) is 18.0. The van der Waals surface area contributed by atoms with Gasteiger partial charge in [0.2, 0.25) is 0 Å². The van der Waals surface area contributed by atoms with Crippen molar-refractivity contribution in [2.75, 3.05) is 14.7 Å². The van der Waals surface area contributed by atoms with E-state index in [1.54, 1.807) is 0 Å². The molecule has 1 atom stereocenters. The fourth-order valence-corrected chi connectivity index (χ4v) is 13.0. The lowest BCUT2D eigenvalue weighted by Crippen LogP contribution is -2.36. The molecule has 440 valence electrons. The fraction of sp³-hybridized carbons (Fsp3) is 0.126. The van der Waals surface area contributed by atoms with Gasteiger partial charge in [0.15, 0.2) is 0 Å². The van der Waals surface area contributed by atoms with Crippen molar-refractivity contribution in [2.24, 2.45) is 0 Å². The van der Waals surface area contributed by atoms with Crippen LogP contribution in [0.3, 0.4) is 0 Å². The summed E-state index contributed by atoms with van der Waals surface area (Å²) in [6, 6.07) is 102. The Morgan fingerprint density at radius 3 is 0.800 bits per heavy atom. The zero-order valence-electron chi connectivity index (χ0n) is 53.3. The summed E-state index contributed by atoms with van der Waals surface area (Å²) in [6.45, 7) is 19.8. The Morgan fingerprint density at radius 1 is 0.244 bits per heavy atom. The van der Waals surface area contributed by atoms with E-state index in [4.69, 9.17) is 0 Å². The maximum atomic E-state index is 2.60. The van der Waals surface area contributed by atoms with E-state index in [0.29, 0.717) is 6.42 Å². The Hall–Kier alpha value is -10.5. The predicted octanol–water partition coefficient (Wildman–Crippen LogP) is 23.8. The molecule has 12 aromatic carbocycles. The standard InChI is InChI=1S/C87H77N3/c1-58-10-19-67(20-11-58)70-25-31-73(32-26-70)76-37-43-79(44-38-76)88(85-49-16-61(4)52-64(85)7)82-55-83(89(86-50-17-62(5)53-65(86)8)80-45-39-77(40-46-80)74-33-27-71(28-34-74)68-21-12-59(2)13-22-68)57-84(56-82)90(87-51-18-63(6)54-66(87)9)81-47-41-78(42-48-81)75-35-29-72(30-36-75)69-23-14-60(3)15-24-69/h10-56,83H,57H2,1-9H3. The van der Waals surface area contributed by atoms with Crippen molar-refractivity contribution in [3.8, 4) is 66.8 Å². The van der Waals surface area contributed by atoms with Gasteiger partial charge in [-0.2, -0.15) is 0 Å². The van der Waals surface area contributed by atoms with Crippen molar-refractivity contribution in [3.05, 3.63) is 347 Å². The van der Waals surface area contributed by atoms with E-state index in [0.717, 1.165) is 34.1 Å². The maximum absolute atomic E-state index is 2.60. The molecule has 0 saturated carbocycles. The van der Waals surface area contributed by atoms with Crippen LogP contribution in [0.15, 0.2) is 297 Å². The first-order valence-corrected chi connectivity index (χ1v) is 31.6. The lowest BCUT2D eigenvalue weighted by Gasteiger charge is -2.41. The van der Waals surface area contributed by atoms with E-state index >= 15 is 0 Å². The van der Waals surface area contributed by atoms with Gasteiger partial charge in [-0.25, -0.2) is 0 Å². The summed E-state index contributed by atoms with van der Waals surface area (Å²) in [4.78, 5) is 7.63. The average Bonchev–Trinajstić information content (AvgIpc) is 1.05. The van der Waals surface area contributed by atoms with Crippen LogP contribution >= 0.6 is 0 Å². The van der Waals surface area contributed by atoms with E-state index in [2.05, 4.69) is 362 Å². The topological polar surface area (TPSA) is 9.72 Å². The molecule has 12 aromatic rings. The molecular weight excluding hydrogens is 1090 g/mol. The highest BCUT2D eigenvalue weighted by Crippen LogP contribution is 2.45. The lowest BCUT2D eigenvalue weighted by atomic mass is 9.94. The van der Waals surface area contributed by atoms with Crippen molar-refractivity contribution in [3.63, 3.8) is 0 Å². The first kappa shape index (κ1) is 58.5. The molecule has 0 N–H and O–H groups in total. The normalized spacial score (nSPS) is 12.9. The van der Waals surface area contributed by atoms with Crippen LogP contribution in [-0.2, 0) is 0 Å². The number of rotatable bonds is 15. The Balaban J connectivity index is 0.956. The van der Waals surface area contributed by atoms with Crippen LogP contribution < -0.4 is 14.7 Å². The van der Waals surface area contributed by atoms with E-state index < -0.39 is 0 Å². The molecule has 0 aromatic heterocycles. The number of hydrogen-bond acceptors (Lipinski definition) is 3. The van der Waals surface area contributed by atoms with Crippen molar-refractivity contribution in [1.29, 1.82) is 0 Å². The van der Waals surface area contributed by atoms with Crippen LogP contribution in [-0.4, -0.2) is 6.04 Å². The molecule has 13 rings (SSSR count). The summed E-state index contributed by atoms with van der Waals surface area (Å²) in [5.41, 5.74) is 34.5. The number of anilines is 6. The molecule has 0 heterocycles. The molecule has 0 saturated heterocycles. The second-order valence-corrected chi connectivity index (χ2v) is 24.9.